The van der Waals surface area contributed by atoms with Gasteiger partial charge in [-0.25, -0.2) is 8.42 Å². The van der Waals surface area contributed by atoms with E-state index >= 15 is 0 Å². The molecule has 0 bridgehead atoms. The van der Waals surface area contributed by atoms with E-state index in [1.165, 1.54) is 6.07 Å². The zero-order chi connectivity index (χ0) is 16.7. The summed E-state index contributed by atoms with van der Waals surface area (Å²) >= 11 is 6.19. The molecule has 2 aromatic rings. The summed E-state index contributed by atoms with van der Waals surface area (Å²) in [7, 11) is -1.93. The normalized spacial score (nSPS) is 12.0. The highest BCUT2D eigenvalue weighted by Gasteiger charge is 2.20. The average molecular weight is 342 g/mol. The molecule has 7 heteroatoms. The van der Waals surface area contributed by atoms with Crippen molar-refractivity contribution in [3.63, 3.8) is 0 Å². The number of aryl methyl sites for hydroxylation is 2. The predicted octanol–water partition coefficient (Wildman–Crippen LogP) is 3.61. The van der Waals surface area contributed by atoms with E-state index in [0.29, 0.717) is 16.4 Å². The maximum absolute atomic E-state index is 12.5. The quantitative estimate of drug-likeness (QED) is 0.923. The zero-order valence-corrected chi connectivity index (χ0v) is 14.9. The van der Waals surface area contributed by atoms with Gasteiger partial charge in [0.25, 0.3) is 10.0 Å². The lowest BCUT2D eigenvalue weighted by atomic mass is 10.0. The van der Waals surface area contributed by atoms with Crippen LogP contribution in [0.15, 0.2) is 23.1 Å². The lowest BCUT2D eigenvalue weighted by molar-refractivity contribution is 0.601. The van der Waals surface area contributed by atoms with Crippen LogP contribution in [0.2, 0.25) is 5.02 Å². The van der Waals surface area contributed by atoms with E-state index < -0.39 is 10.0 Å². The minimum absolute atomic E-state index is 0.143. The number of halogens is 1. The van der Waals surface area contributed by atoms with Crippen molar-refractivity contribution in [1.82, 2.24) is 9.78 Å². The molecule has 22 heavy (non-hydrogen) atoms. The smallest absolute Gasteiger partial charge is 0.262 e. The van der Waals surface area contributed by atoms with Gasteiger partial charge in [0.1, 0.15) is 0 Å². The van der Waals surface area contributed by atoms with Crippen molar-refractivity contribution in [3.05, 3.63) is 40.2 Å². The molecule has 0 saturated carbocycles. The molecule has 0 atom stereocenters. The Morgan fingerprint density at radius 3 is 2.36 bits per heavy atom. The molecule has 0 spiro atoms. The van der Waals surface area contributed by atoms with Crippen LogP contribution in [-0.2, 0) is 17.1 Å². The summed E-state index contributed by atoms with van der Waals surface area (Å²) in [5.74, 6) is 0.236. The SMILES string of the molecule is Cc1nn(C)c(C)c1NS(=O)(=O)c1ccc(C(C)C)c(Cl)c1. The third-order valence-electron chi connectivity index (χ3n) is 3.65. The Hall–Kier alpha value is -1.53. The van der Waals surface area contributed by atoms with Crippen LogP contribution in [0.1, 0.15) is 36.7 Å². The van der Waals surface area contributed by atoms with Crippen molar-refractivity contribution < 1.29 is 8.42 Å². The second-order valence-electron chi connectivity index (χ2n) is 5.61. The highest BCUT2D eigenvalue weighted by atomic mass is 35.5. The van der Waals surface area contributed by atoms with Crippen LogP contribution in [-0.4, -0.2) is 18.2 Å². The lowest BCUT2D eigenvalue weighted by Crippen LogP contribution is -2.14. The molecule has 0 amide bonds. The van der Waals surface area contributed by atoms with Gasteiger partial charge < -0.3 is 0 Å². The fourth-order valence-corrected chi connectivity index (χ4v) is 3.92. The summed E-state index contributed by atoms with van der Waals surface area (Å²) in [5, 5.41) is 4.66. The number of sulfonamides is 1. The Morgan fingerprint density at radius 2 is 1.91 bits per heavy atom. The number of hydrogen-bond donors (Lipinski definition) is 1. The summed E-state index contributed by atoms with van der Waals surface area (Å²) in [6.07, 6.45) is 0. The van der Waals surface area contributed by atoms with Gasteiger partial charge in [0, 0.05) is 12.1 Å². The maximum atomic E-state index is 12.5. The zero-order valence-electron chi connectivity index (χ0n) is 13.3. The average Bonchev–Trinajstić information content (AvgIpc) is 2.64. The molecule has 0 aliphatic carbocycles. The Bertz CT molecular complexity index is 810. The summed E-state index contributed by atoms with van der Waals surface area (Å²) in [6, 6.07) is 4.81. The molecule has 1 heterocycles. The molecule has 1 aromatic carbocycles. The molecule has 0 fully saturated rings. The van der Waals surface area contributed by atoms with Crippen molar-refractivity contribution in [1.29, 1.82) is 0 Å². The molecule has 0 aliphatic rings. The Labute approximate surface area is 136 Å². The number of nitrogens with one attached hydrogen (secondary N) is 1. The molecule has 1 N–H and O–H groups in total. The van der Waals surface area contributed by atoms with Crippen LogP contribution in [0.25, 0.3) is 0 Å². The van der Waals surface area contributed by atoms with Crippen LogP contribution >= 0.6 is 11.6 Å². The first-order valence-electron chi connectivity index (χ1n) is 6.96. The van der Waals surface area contributed by atoms with Crippen LogP contribution in [0.4, 0.5) is 5.69 Å². The van der Waals surface area contributed by atoms with E-state index in [0.717, 1.165) is 11.3 Å². The monoisotopic (exact) mass is 341 g/mol. The van der Waals surface area contributed by atoms with Crippen molar-refractivity contribution >= 4 is 27.3 Å². The number of aromatic nitrogens is 2. The van der Waals surface area contributed by atoms with Crippen molar-refractivity contribution in [2.24, 2.45) is 7.05 Å². The second-order valence-corrected chi connectivity index (χ2v) is 7.70. The van der Waals surface area contributed by atoms with E-state index in [1.54, 1.807) is 30.8 Å². The maximum Gasteiger partial charge on any atom is 0.262 e. The van der Waals surface area contributed by atoms with Crippen LogP contribution < -0.4 is 4.72 Å². The van der Waals surface area contributed by atoms with E-state index in [1.807, 2.05) is 20.8 Å². The van der Waals surface area contributed by atoms with Gasteiger partial charge in [-0.15, -0.1) is 0 Å². The molecule has 0 saturated heterocycles. The Morgan fingerprint density at radius 1 is 1.27 bits per heavy atom. The summed E-state index contributed by atoms with van der Waals surface area (Å²) < 4.78 is 29.3. The number of anilines is 1. The summed E-state index contributed by atoms with van der Waals surface area (Å²) in [5.41, 5.74) is 2.82. The summed E-state index contributed by atoms with van der Waals surface area (Å²) in [6.45, 7) is 7.60. The molecule has 5 nitrogen and oxygen atoms in total. The lowest BCUT2D eigenvalue weighted by Gasteiger charge is -2.12. The number of rotatable bonds is 4. The summed E-state index contributed by atoms with van der Waals surface area (Å²) in [4.78, 5) is 0.143. The molecule has 0 unspecified atom stereocenters. The highest BCUT2D eigenvalue weighted by Crippen LogP contribution is 2.28. The van der Waals surface area contributed by atoms with Gasteiger partial charge in [-0.1, -0.05) is 31.5 Å². The fraction of sp³-hybridized carbons (Fsp3) is 0.400. The van der Waals surface area contributed by atoms with E-state index in [9.17, 15) is 8.42 Å². The van der Waals surface area contributed by atoms with Crippen molar-refractivity contribution in [2.45, 2.75) is 38.5 Å². The number of hydrogen-bond acceptors (Lipinski definition) is 3. The largest absolute Gasteiger partial charge is 0.276 e. The van der Waals surface area contributed by atoms with E-state index in [4.69, 9.17) is 11.6 Å². The number of nitrogens with zero attached hydrogens (tertiary/aromatic N) is 2. The van der Waals surface area contributed by atoms with Gasteiger partial charge in [-0.2, -0.15) is 5.10 Å². The Kier molecular flexibility index (Phi) is 4.54. The van der Waals surface area contributed by atoms with Gasteiger partial charge in [0.05, 0.1) is 22.0 Å². The Balaban J connectivity index is 2.41. The predicted molar refractivity (Wildman–Crippen MR) is 89.0 cm³/mol. The van der Waals surface area contributed by atoms with E-state index in [2.05, 4.69) is 9.82 Å². The minimum atomic E-state index is -3.70. The minimum Gasteiger partial charge on any atom is -0.276 e. The second kappa shape index (κ2) is 5.93. The molecule has 0 radical (unpaired) electrons. The standard InChI is InChI=1S/C15H20ClN3O2S/c1-9(2)13-7-6-12(8-14(13)16)22(20,21)18-15-10(3)17-19(5)11(15)4/h6-9,18H,1-5H3. The molecule has 1 aromatic heterocycles. The topological polar surface area (TPSA) is 64.0 Å². The van der Waals surface area contributed by atoms with Gasteiger partial charge in [0.15, 0.2) is 0 Å². The molecule has 0 aliphatic heterocycles. The third kappa shape index (κ3) is 3.13. The molecule has 2 rings (SSSR count). The van der Waals surface area contributed by atoms with Crippen molar-refractivity contribution in [3.8, 4) is 0 Å². The van der Waals surface area contributed by atoms with Crippen molar-refractivity contribution in [2.75, 3.05) is 4.72 Å². The fourth-order valence-electron chi connectivity index (χ4n) is 2.26. The van der Waals surface area contributed by atoms with Crippen LogP contribution in [0.3, 0.4) is 0 Å². The number of benzene rings is 1. The first kappa shape index (κ1) is 16.8. The van der Waals surface area contributed by atoms with Crippen LogP contribution in [0, 0.1) is 13.8 Å². The first-order chi connectivity index (χ1) is 10.1. The van der Waals surface area contributed by atoms with Gasteiger partial charge in [-0.05, 0) is 37.5 Å². The van der Waals surface area contributed by atoms with Gasteiger partial charge in [-0.3, -0.25) is 9.40 Å². The highest BCUT2D eigenvalue weighted by molar-refractivity contribution is 7.92. The molecular formula is C15H20ClN3O2S. The molecule has 120 valence electrons. The van der Waals surface area contributed by atoms with Gasteiger partial charge in [0.2, 0.25) is 0 Å². The van der Waals surface area contributed by atoms with E-state index in [-0.39, 0.29) is 10.8 Å². The van der Waals surface area contributed by atoms with Crippen LogP contribution in [0.5, 0.6) is 0 Å². The van der Waals surface area contributed by atoms with Gasteiger partial charge >= 0.3 is 0 Å². The first-order valence-corrected chi connectivity index (χ1v) is 8.82. The molecular weight excluding hydrogens is 322 g/mol. The third-order valence-corrected chi connectivity index (χ3v) is 5.32.